The summed E-state index contributed by atoms with van der Waals surface area (Å²) in [5, 5.41) is 3.13. The molecule has 9 heteroatoms. The van der Waals surface area contributed by atoms with Crippen LogP contribution >= 0.6 is 0 Å². The molecule has 0 aliphatic carbocycles. The zero-order chi connectivity index (χ0) is 21.0. The van der Waals surface area contributed by atoms with Crippen molar-refractivity contribution in [1.29, 1.82) is 0 Å². The first-order valence-electron chi connectivity index (χ1n) is 8.84. The summed E-state index contributed by atoms with van der Waals surface area (Å²) in [5.41, 5.74) is 2.01. The smallest absolute Gasteiger partial charge is 0.265 e. The molecule has 1 heterocycles. The van der Waals surface area contributed by atoms with E-state index in [-0.39, 0.29) is 10.6 Å². The van der Waals surface area contributed by atoms with Gasteiger partial charge in [0.2, 0.25) is 5.95 Å². The van der Waals surface area contributed by atoms with Crippen LogP contribution in [0.4, 0.5) is 23.1 Å². The third kappa shape index (κ3) is 4.94. The minimum absolute atomic E-state index is 0.0778. The van der Waals surface area contributed by atoms with Crippen molar-refractivity contribution in [1.82, 2.24) is 9.97 Å². The number of nitrogens with one attached hydrogen (secondary N) is 2. The van der Waals surface area contributed by atoms with Gasteiger partial charge in [-0.2, -0.15) is 4.98 Å². The Morgan fingerprint density at radius 1 is 0.966 bits per heavy atom. The van der Waals surface area contributed by atoms with Crippen LogP contribution in [0.3, 0.4) is 0 Å². The van der Waals surface area contributed by atoms with E-state index in [0.29, 0.717) is 11.6 Å². The molecule has 0 spiro atoms. The number of aromatic nitrogens is 2. The molecule has 0 aliphatic rings. The van der Waals surface area contributed by atoms with Crippen LogP contribution in [0.2, 0.25) is 0 Å². The number of sulfonamides is 1. The first-order chi connectivity index (χ1) is 13.8. The van der Waals surface area contributed by atoms with Crippen LogP contribution in [0.15, 0.2) is 59.5 Å². The van der Waals surface area contributed by atoms with Crippen LogP contribution < -0.4 is 19.7 Å². The molecule has 0 atom stereocenters. The molecule has 2 aromatic carbocycles. The summed E-state index contributed by atoms with van der Waals surface area (Å²) in [6.45, 7) is 1.90. The minimum atomic E-state index is -3.77. The van der Waals surface area contributed by atoms with Gasteiger partial charge in [0.15, 0.2) is 0 Å². The second kappa shape index (κ2) is 8.36. The van der Waals surface area contributed by atoms with Crippen molar-refractivity contribution in [3.8, 4) is 5.75 Å². The van der Waals surface area contributed by atoms with E-state index in [1.807, 2.05) is 32.0 Å². The van der Waals surface area contributed by atoms with Crippen LogP contribution in [-0.2, 0) is 10.0 Å². The lowest BCUT2D eigenvalue weighted by atomic mass is 10.3. The summed E-state index contributed by atoms with van der Waals surface area (Å²) < 4.78 is 33.0. The average molecular weight is 414 g/mol. The molecule has 0 fully saturated rings. The predicted molar refractivity (Wildman–Crippen MR) is 115 cm³/mol. The maximum Gasteiger partial charge on any atom is 0.265 e. The maximum atomic E-state index is 12.7. The third-order valence-electron chi connectivity index (χ3n) is 4.05. The molecule has 2 N–H and O–H groups in total. The van der Waals surface area contributed by atoms with E-state index in [0.717, 1.165) is 17.2 Å². The zero-order valence-electron chi connectivity index (χ0n) is 16.7. The van der Waals surface area contributed by atoms with Gasteiger partial charge in [0.1, 0.15) is 16.5 Å². The lowest BCUT2D eigenvalue weighted by Crippen LogP contribution is -2.14. The van der Waals surface area contributed by atoms with E-state index in [2.05, 4.69) is 20.0 Å². The van der Waals surface area contributed by atoms with Gasteiger partial charge in [0.05, 0.1) is 7.11 Å². The van der Waals surface area contributed by atoms with Gasteiger partial charge in [-0.1, -0.05) is 12.1 Å². The predicted octanol–water partition coefficient (Wildman–Crippen LogP) is 3.40. The molecule has 3 rings (SSSR count). The monoisotopic (exact) mass is 413 g/mol. The fraction of sp³-hybridized carbons (Fsp3) is 0.200. The standard InChI is InChI=1S/C20H23N5O3S/c1-14-13-19(25(2)3)23-20(21-14)22-15-9-11-16(12-10-15)24-29(26,27)18-8-6-5-7-17(18)28-4/h5-13,24H,1-4H3,(H,21,22,23). The molecule has 0 bridgehead atoms. The van der Waals surface area contributed by atoms with Crippen molar-refractivity contribution in [2.24, 2.45) is 0 Å². The first-order valence-corrected chi connectivity index (χ1v) is 10.3. The molecule has 152 valence electrons. The SMILES string of the molecule is COc1ccccc1S(=O)(=O)Nc1ccc(Nc2nc(C)cc(N(C)C)n2)cc1. The van der Waals surface area contributed by atoms with Crippen LogP contribution in [0.5, 0.6) is 5.75 Å². The fourth-order valence-corrected chi connectivity index (χ4v) is 3.87. The number of methoxy groups -OCH3 is 1. The van der Waals surface area contributed by atoms with Gasteiger partial charge in [-0.05, 0) is 43.3 Å². The summed E-state index contributed by atoms with van der Waals surface area (Å²) in [6.07, 6.45) is 0. The zero-order valence-corrected chi connectivity index (χ0v) is 17.5. The van der Waals surface area contributed by atoms with Gasteiger partial charge in [-0.25, -0.2) is 13.4 Å². The Morgan fingerprint density at radius 3 is 2.28 bits per heavy atom. The second-order valence-electron chi connectivity index (χ2n) is 6.54. The van der Waals surface area contributed by atoms with E-state index in [9.17, 15) is 8.42 Å². The molecule has 0 amide bonds. The van der Waals surface area contributed by atoms with Gasteiger partial charge >= 0.3 is 0 Å². The van der Waals surface area contributed by atoms with Gasteiger partial charge < -0.3 is 15.0 Å². The molecular weight excluding hydrogens is 390 g/mol. The number of hydrogen-bond acceptors (Lipinski definition) is 7. The highest BCUT2D eigenvalue weighted by atomic mass is 32.2. The Bertz CT molecular complexity index is 1100. The Morgan fingerprint density at radius 2 is 1.62 bits per heavy atom. The Balaban J connectivity index is 1.77. The largest absolute Gasteiger partial charge is 0.495 e. The number of para-hydroxylation sites is 1. The molecule has 0 radical (unpaired) electrons. The van der Waals surface area contributed by atoms with Crippen molar-refractivity contribution in [2.45, 2.75) is 11.8 Å². The van der Waals surface area contributed by atoms with Crippen LogP contribution in [0.25, 0.3) is 0 Å². The van der Waals surface area contributed by atoms with Gasteiger partial charge in [0.25, 0.3) is 10.0 Å². The lowest BCUT2D eigenvalue weighted by molar-refractivity contribution is 0.403. The molecule has 0 saturated heterocycles. The van der Waals surface area contributed by atoms with Crippen LogP contribution in [0, 0.1) is 6.92 Å². The third-order valence-corrected chi connectivity index (χ3v) is 5.47. The number of aryl methyl sites for hydroxylation is 1. The Hall–Kier alpha value is -3.33. The number of rotatable bonds is 7. The molecule has 29 heavy (non-hydrogen) atoms. The molecule has 0 saturated carbocycles. The molecule has 0 aliphatic heterocycles. The quantitative estimate of drug-likeness (QED) is 0.613. The molecule has 3 aromatic rings. The molecule has 8 nitrogen and oxygen atoms in total. The maximum absolute atomic E-state index is 12.7. The van der Waals surface area contributed by atoms with Crippen molar-refractivity contribution in [3.63, 3.8) is 0 Å². The topological polar surface area (TPSA) is 96.5 Å². The lowest BCUT2D eigenvalue weighted by Gasteiger charge is -2.14. The second-order valence-corrected chi connectivity index (χ2v) is 8.20. The fourth-order valence-electron chi connectivity index (χ4n) is 2.64. The summed E-state index contributed by atoms with van der Waals surface area (Å²) in [5.74, 6) is 1.55. The summed E-state index contributed by atoms with van der Waals surface area (Å²) in [4.78, 5) is 10.8. The minimum Gasteiger partial charge on any atom is -0.495 e. The van der Waals surface area contributed by atoms with Crippen LogP contribution in [0.1, 0.15) is 5.69 Å². The van der Waals surface area contributed by atoms with E-state index in [1.165, 1.54) is 13.2 Å². The highest BCUT2D eigenvalue weighted by Crippen LogP contribution is 2.26. The van der Waals surface area contributed by atoms with Crippen molar-refractivity contribution in [2.75, 3.05) is 36.1 Å². The van der Waals surface area contributed by atoms with E-state index in [1.54, 1.807) is 42.5 Å². The normalized spacial score (nSPS) is 11.0. The number of nitrogens with zero attached hydrogens (tertiary/aromatic N) is 3. The Labute approximate surface area is 170 Å². The summed E-state index contributed by atoms with van der Waals surface area (Å²) >= 11 is 0. The van der Waals surface area contributed by atoms with Gasteiger partial charge in [0, 0.05) is 37.2 Å². The first kappa shape index (κ1) is 20.4. The van der Waals surface area contributed by atoms with Gasteiger partial charge in [-0.15, -0.1) is 0 Å². The van der Waals surface area contributed by atoms with E-state index < -0.39 is 10.0 Å². The molecule has 1 aromatic heterocycles. The number of anilines is 4. The average Bonchev–Trinajstić information content (AvgIpc) is 2.68. The number of hydrogen-bond donors (Lipinski definition) is 2. The molecular formula is C20H23N5O3S. The van der Waals surface area contributed by atoms with Crippen LogP contribution in [-0.4, -0.2) is 39.6 Å². The Kier molecular flexibility index (Phi) is 5.88. The van der Waals surface area contributed by atoms with Crippen molar-refractivity contribution < 1.29 is 13.2 Å². The summed E-state index contributed by atoms with van der Waals surface area (Å²) in [7, 11) is 1.48. The highest BCUT2D eigenvalue weighted by molar-refractivity contribution is 7.92. The number of ether oxygens (including phenoxy) is 1. The van der Waals surface area contributed by atoms with E-state index >= 15 is 0 Å². The molecule has 0 unspecified atom stereocenters. The number of benzene rings is 2. The highest BCUT2D eigenvalue weighted by Gasteiger charge is 2.19. The van der Waals surface area contributed by atoms with E-state index in [4.69, 9.17) is 4.74 Å². The van der Waals surface area contributed by atoms with Crippen molar-refractivity contribution >= 4 is 33.2 Å². The van der Waals surface area contributed by atoms with Gasteiger partial charge in [-0.3, -0.25) is 4.72 Å². The summed E-state index contributed by atoms with van der Waals surface area (Å²) in [6, 6.07) is 15.2. The van der Waals surface area contributed by atoms with Crippen molar-refractivity contribution in [3.05, 3.63) is 60.3 Å².